The van der Waals surface area contributed by atoms with Gasteiger partial charge >= 0.3 is 0 Å². The van der Waals surface area contributed by atoms with E-state index in [1.165, 1.54) is 0 Å². The quantitative estimate of drug-likeness (QED) is 0.102. The molecule has 4 atom stereocenters. The number of hydrogen-bond acceptors (Lipinski definition) is 5. The minimum atomic E-state index is -3.48. The zero-order chi connectivity index (χ0) is 34.8. The first-order chi connectivity index (χ1) is 23.6. The highest BCUT2D eigenvalue weighted by Crippen LogP contribution is 2.60. The molecule has 3 amide bonds. The predicted octanol–water partition coefficient (Wildman–Crippen LogP) is 6.71. The second kappa shape index (κ2) is 14.1. The van der Waals surface area contributed by atoms with Crippen molar-refractivity contribution in [3.8, 4) is 0 Å². The van der Waals surface area contributed by atoms with Crippen molar-refractivity contribution in [3.05, 3.63) is 126 Å². The van der Waals surface area contributed by atoms with E-state index < -0.39 is 31.6 Å². The molecule has 1 saturated heterocycles. The Labute approximate surface area is 287 Å². The second-order valence-electron chi connectivity index (χ2n) is 13.4. The van der Waals surface area contributed by atoms with Crippen LogP contribution in [0.2, 0.25) is 18.6 Å². The molecule has 0 unspecified atom stereocenters. The van der Waals surface area contributed by atoms with Gasteiger partial charge in [-0.2, -0.15) is 0 Å². The van der Waals surface area contributed by atoms with E-state index >= 15 is 4.11 Å². The molecule has 1 spiro atoms. The number of rotatable bonds is 12. The van der Waals surface area contributed by atoms with E-state index in [2.05, 4.69) is 0 Å². The number of carbonyl (C=O) groups excluding carboxylic acids is 3. The summed E-state index contributed by atoms with van der Waals surface area (Å²) in [5.74, 6) is -1.07. The van der Waals surface area contributed by atoms with E-state index in [1.54, 1.807) is 27.8 Å². The fourth-order valence-electron chi connectivity index (χ4n) is 7.68. The Kier molecular flexibility index (Phi) is 9.83. The van der Waals surface area contributed by atoms with Crippen LogP contribution in [0.5, 0.6) is 0 Å². The number of halogens is 1. The van der Waals surface area contributed by atoms with Gasteiger partial charge in [0, 0.05) is 41.5 Å². The molecule has 254 valence electrons. The van der Waals surface area contributed by atoms with Crippen LogP contribution in [0.25, 0.3) is 0 Å². The van der Waals surface area contributed by atoms with E-state index in [-0.39, 0.29) is 37.9 Å². The highest BCUT2D eigenvalue weighted by atomic mass is 28.4. The number of aliphatic hydroxyl groups is 1. The van der Waals surface area contributed by atoms with Crippen molar-refractivity contribution >= 4 is 43.7 Å². The number of aliphatic hydroxyl groups excluding tert-OH is 1. The predicted molar refractivity (Wildman–Crippen MR) is 190 cm³/mol. The first-order valence-electron chi connectivity index (χ1n) is 16.7. The standard InChI is InChI=1S/C39H42FN3O5Si/c1-28-37(49(2,3)40)35(24-36(46)41(22-23-44)25-29-12-6-4-7-13-29)48-39(28)33-16-10-11-17-34(33)42(38(39)47)26-30-18-20-32(21-19-30)43(27-45)31-14-8-5-9-15-31/h4-21,27-28,35,37,44H,22-26H2,1-3H3/t28-,35+,37-,39+/m0/s1. The Hall–Kier alpha value is -4.64. The van der Waals surface area contributed by atoms with Crippen molar-refractivity contribution in [1.29, 1.82) is 0 Å². The van der Waals surface area contributed by atoms with Crippen LogP contribution in [0.15, 0.2) is 109 Å². The molecule has 6 rings (SSSR count). The van der Waals surface area contributed by atoms with Gasteiger partial charge in [0.2, 0.25) is 20.7 Å². The summed E-state index contributed by atoms with van der Waals surface area (Å²) in [6.45, 7) is 5.58. The van der Waals surface area contributed by atoms with Crippen molar-refractivity contribution in [1.82, 2.24) is 4.90 Å². The van der Waals surface area contributed by atoms with Gasteiger partial charge in [-0.05, 0) is 54.6 Å². The fourth-order valence-corrected chi connectivity index (χ4v) is 10.2. The monoisotopic (exact) mass is 679 g/mol. The van der Waals surface area contributed by atoms with Gasteiger partial charge in [-0.3, -0.25) is 19.3 Å². The Morgan fingerprint density at radius 1 is 0.918 bits per heavy atom. The lowest BCUT2D eigenvalue weighted by molar-refractivity contribution is -0.150. The number of anilines is 3. The molecule has 0 saturated carbocycles. The van der Waals surface area contributed by atoms with Gasteiger partial charge in [0.25, 0.3) is 5.91 Å². The Morgan fingerprint density at radius 3 is 2.16 bits per heavy atom. The largest absolute Gasteiger partial charge is 0.395 e. The normalized spacial score (nSPS) is 21.5. The summed E-state index contributed by atoms with van der Waals surface area (Å²) in [5.41, 5.74) is 2.48. The van der Waals surface area contributed by atoms with Gasteiger partial charge in [-0.1, -0.05) is 85.8 Å². The molecule has 0 aromatic heterocycles. The summed E-state index contributed by atoms with van der Waals surface area (Å²) in [5, 5.41) is 9.77. The molecule has 4 aromatic rings. The van der Waals surface area contributed by atoms with Crippen LogP contribution < -0.4 is 9.80 Å². The summed E-state index contributed by atoms with van der Waals surface area (Å²) in [6.07, 6.45) is -0.157. The van der Waals surface area contributed by atoms with Gasteiger partial charge in [0.05, 0.1) is 31.4 Å². The van der Waals surface area contributed by atoms with E-state index in [1.807, 2.05) is 116 Å². The molecule has 1 fully saturated rings. The maximum absolute atomic E-state index is 16.3. The zero-order valence-corrected chi connectivity index (χ0v) is 29.0. The lowest BCUT2D eigenvalue weighted by Gasteiger charge is -2.31. The molecule has 8 nitrogen and oxygen atoms in total. The molecule has 10 heteroatoms. The van der Waals surface area contributed by atoms with Crippen LogP contribution >= 0.6 is 0 Å². The van der Waals surface area contributed by atoms with Crippen molar-refractivity contribution in [2.24, 2.45) is 5.92 Å². The maximum atomic E-state index is 16.3. The number of fused-ring (bicyclic) bond motifs is 2. The van der Waals surface area contributed by atoms with E-state index in [9.17, 15) is 19.5 Å². The van der Waals surface area contributed by atoms with Crippen LogP contribution in [0.1, 0.15) is 30.0 Å². The van der Waals surface area contributed by atoms with Crippen molar-refractivity contribution in [3.63, 3.8) is 0 Å². The third kappa shape index (κ3) is 6.56. The van der Waals surface area contributed by atoms with E-state index in [4.69, 9.17) is 4.74 Å². The second-order valence-corrected chi connectivity index (χ2v) is 17.2. The Morgan fingerprint density at radius 2 is 1.53 bits per heavy atom. The topological polar surface area (TPSA) is 90.4 Å². The smallest absolute Gasteiger partial charge is 0.264 e. The number of carbonyl (C=O) groups is 3. The van der Waals surface area contributed by atoms with Gasteiger partial charge in [0.15, 0.2) is 5.60 Å². The fraction of sp³-hybridized carbons (Fsp3) is 0.308. The van der Waals surface area contributed by atoms with E-state index in [0.29, 0.717) is 23.5 Å². The average molecular weight is 680 g/mol. The highest BCUT2D eigenvalue weighted by molar-refractivity contribution is 6.72. The number of amides is 3. The van der Waals surface area contributed by atoms with Gasteiger partial charge in [0.1, 0.15) is 0 Å². The number of benzene rings is 4. The minimum absolute atomic E-state index is 0.102. The van der Waals surface area contributed by atoms with Gasteiger partial charge < -0.3 is 23.8 Å². The first-order valence-corrected chi connectivity index (χ1v) is 19.6. The summed E-state index contributed by atoms with van der Waals surface area (Å²) in [7, 11) is -3.48. The minimum Gasteiger partial charge on any atom is -0.395 e. The van der Waals surface area contributed by atoms with Crippen molar-refractivity contribution < 1.29 is 28.3 Å². The van der Waals surface area contributed by atoms with Crippen LogP contribution in [0.4, 0.5) is 21.2 Å². The van der Waals surface area contributed by atoms with Crippen LogP contribution in [0.3, 0.4) is 0 Å². The highest BCUT2D eigenvalue weighted by Gasteiger charge is 2.66. The SMILES string of the molecule is C[C@H]1[C@H]([Si](C)(C)F)[C@@H](CC(=O)N(CCO)Cc2ccccc2)O[C@]12C(=O)N(Cc1ccc(N(C=O)c3ccccc3)cc1)c1ccccc12. The Bertz CT molecular complexity index is 1790. The zero-order valence-electron chi connectivity index (χ0n) is 28.0. The van der Waals surface area contributed by atoms with E-state index in [0.717, 1.165) is 23.2 Å². The summed E-state index contributed by atoms with van der Waals surface area (Å²) in [4.78, 5) is 45.3. The molecule has 0 bridgehead atoms. The molecule has 0 radical (unpaired) electrons. The molecule has 2 heterocycles. The number of nitrogens with zero attached hydrogens (tertiary/aromatic N) is 3. The maximum Gasteiger partial charge on any atom is 0.264 e. The molecule has 2 aliphatic heterocycles. The summed E-state index contributed by atoms with van der Waals surface area (Å²) >= 11 is 0. The van der Waals surface area contributed by atoms with Crippen LogP contribution in [-0.2, 0) is 37.8 Å². The lowest BCUT2D eigenvalue weighted by Crippen LogP contribution is -2.45. The van der Waals surface area contributed by atoms with Gasteiger partial charge in [-0.25, -0.2) is 0 Å². The molecule has 2 aliphatic rings. The molecular weight excluding hydrogens is 638 g/mol. The third-order valence-corrected chi connectivity index (χ3v) is 12.3. The van der Waals surface area contributed by atoms with Gasteiger partial charge in [-0.15, -0.1) is 0 Å². The Balaban J connectivity index is 1.28. The van der Waals surface area contributed by atoms with Crippen LogP contribution in [-0.4, -0.2) is 55.9 Å². The molecular formula is C39H42FN3O5Si. The number of para-hydroxylation sites is 2. The third-order valence-electron chi connectivity index (χ3n) is 9.88. The molecule has 49 heavy (non-hydrogen) atoms. The average Bonchev–Trinajstić information content (AvgIpc) is 3.52. The number of ether oxygens (including phenoxy) is 1. The molecule has 1 N–H and O–H groups in total. The lowest BCUT2D eigenvalue weighted by atomic mass is 9.82. The van der Waals surface area contributed by atoms with Crippen molar-refractivity contribution in [2.75, 3.05) is 23.0 Å². The first kappa shape index (κ1) is 34.2. The summed E-state index contributed by atoms with van der Waals surface area (Å²) < 4.78 is 23.1. The molecule has 4 aromatic carbocycles. The molecule has 0 aliphatic carbocycles. The number of hydrogen-bond donors (Lipinski definition) is 1. The summed E-state index contributed by atoms with van der Waals surface area (Å²) in [6, 6.07) is 33.8. The van der Waals surface area contributed by atoms with Crippen molar-refractivity contribution in [2.45, 2.75) is 56.8 Å². The van der Waals surface area contributed by atoms with Crippen LogP contribution in [0, 0.1) is 5.92 Å².